The minimum absolute atomic E-state index is 0.288. The van der Waals surface area contributed by atoms with Crippen molar-refractivity contribution in [3.05, 3.63) is 0 Å². The van der Waals surface area contributed by atoms with Crippen molar-refractivity contribution in [3.8, 4) is 0 Å². The zero-order chi connectivity index (χ0) is 11.1. The van der Waals surface area contributed by atoms with Crippen LogP contribution in [0.1, 0.15) is 45.4 Å². The molecule has 0 radical (unpaired) electrons. The quantitative estimate of drug-likeness (QED) is 0.242. The summed E-state index contributed by atoms with van der Waals surface area (Å²) in [6.07, 6.45) is 6.82. The highest BCUT2D eigenvalue weighted by molar-refractivity contribution is 5.79. The Labute approximate surface area is 91.5 Å². The molecule has 0 unspecified atom stereocenters. The van der Waals surface area contributed by atoms with E-state index in [2.05, 4.69) is 12.1 Å². The first-order valence-electron chi connectivity index (χ1n) is 5.80. The Morgan fingerprint density at radius 1 is 1.40 bits per heavy atom. The predicted molar refractivity (Wildman–Crippen MR) is 60.0 cm³/mol. The number of oxime groups is 1. The van der Waals surface area contributed by atoms with Crippen LogP contribution in [0.3, 0.4) is 0 Å². The largest absolute Gasteiger partial charge is 0.409 e. The summed E-state index contributed by atoms with van der Waals surface area (Å²) < 4.78 is 5.73. The Bertz CT molecular complexity index is 199. The summed E-state index contributed by atoms with van der Waals surface area (Å²) in [7, 11) is 0. The van der Waals surface area contributed by atoms with Gasteiger partial charge < -0.3 is 15.7 Å². The molecule has 88 valence electrons. The van der Waals surface area contributed by atoms with Crippen molar-refractivity contribution in [1.82, 2.24) is 0 Å². The van der Waals surface area contributed by atoms with Gasteiger partial charge in [0.05, 0.1) is 6.10 Å². The van der Waals surface area contributed by atoms with Gasteiger partial charge >= 0.3 is 0 Å². The molecule has 4 heteroatoms. The number of hydrogen-bond acceptors (Lipinski definition) is 3. The third-order valence-electron chi connectivity index (χ3n) is 3.02. The Morgan fingerprint density at radius 2 is 2.07 bits per heavy atom. The Morgan fingerprint density at radius 3 is 2.67 bits per heavy atom. The third-order valence-corrected chi connectivity index (χ3v) is 3.02. The standard InChI is InChI=1S/C11H22N2O2/c1-9-4-6-10(7-5-9)15-8-2-3-11(12)13-14/h9-10,14H,2-8H2,1H3,(H2,12,13). The SMILES string of the molecule is CC1CCC(OCCC/C(N)=N/O)CC1. The molecule has 3 N–H and O–H groups in total. The molecule has 0 atom stereocenters. The van der Waals surface area contributed by atoms with Gasteiger partial charge in [-0.2, -0.15) is 0 Å². The van der Waals surface area contributed by atoms with E-state index in [4.69, 9.17) is 15.7 Å². The summed E-state index contributed by atoms with van der Waals surface area (Å²) in [6.45, 7) is 3.02. The predicted octanol–water partition coefficient (Wildman–Crippen LogP) is 2.11. The van der Waals surface area contributed by atoms with Gasteiger partial charge in [0.25, 0.3) is 0 Å². The lowest BCUT2D eigenvalue weighted by atomic mass is 9.89. The van der Waals surface area contributed by atoms with Crippen LogP contribution in [0, 0.1) is 5.92 Å². The molecule has 0 bridgehead atoms. The van der Waals surface area contributed by atoms with Crippen LogP contribution in [0.5, 0.6) is 0 Å². The molecule has 1 aliphatic rings. The molecular weight excluding hydrogens is 192 g/mol. The van der Waals surface area contributed by atoms with Crippen LogP contribution < -0.4 is 5.73 Å². The van der Waals surface area contributed by atoms with Gasteiger partial charge in [-0.3, -0.25) is 0 Å². The van der Waals surface area contributed by atoms with E-state index >= 15 is 0 Å². The highest BCUT2D eigenvalue weighted by Crippen LogP contribution is 2.25. The maximum absolute atomic E-state index is 8.33. The highest BCUT2D eigenvalue weighted by Gasteiger charge is 2.18. The van der Waals surface area contributed by atoms with Gasteiger partial charge in [0.1, 0.15) is 5.84 Å². The maximum atomic E-state index is 8.33. The Balaban J connectivity index is 2.01. The average Bonchev–Trinajstić information content (AvgIpc) is 2.26. The number of rotatable bonds is 5. The van der Waals surface area contributed by atoms with Crippen molar-refractivity contribution < 1.29 is 9.94 Å². The summed E-state index contributed by atoms with van der Waals surface area (Å²) in [5.74, 6) is 1.15. The zero-order valence-corrected chi connectivity index (χ0v) is 9.48. The summed E-state index contributed by atoms with van der Waals surface area (Å²) in [4.78, 5) is 0. The normalized spacial score (nSPS) is 27.9. The molecule has 0 saturated heterocycles. The van der Waals surface area contributed by atoms with Gasteiger partial charge in [0.15, 0.2) is 0 Å². The van der Waals surface area contributed by atoms with Crippen LogP contribution >= 0.6 is 0 Å². The molecule has 1 aliphatic carbocycles. The topological polar surface area (TPSA) is 67.8 Å². The van der Waals surface area contributed by atoms with E-state index in [0.717, 1.165) is 18.9 Å². The average molecular weight is 214 g/mol. The first-order valence-corrected chi connectivity index (χ1v) is 5.80. The smallest absolute Gasteiger partial charge is 0.139 e. The second-order valence-electron chi connectivity index (χ2n) is 4.45. The summed E-state index contributed by atoms with van der Waals surface area (Å²) >= 11 is 0. The molecule has 0 amide bonds. The zero-order valence-electron chi connectivity index (χ0n) is 9.48. The fourth-order valence-electron chi connectivity index (χ4n) is 1.95. The van der Waals surface area contributed by atoms with E-state index in [1.807, 2.05) is 0 Å². The molecule has 0 spiro atoms. The molecule has 1 saturated carbocycles. The lowest BCUT2D eigenvalue weighted by Gasteiger charge is -2.26. The van der Waals surface area contributed by atoms with E-state index < -0.39 is 0 Å². The van der Waals surface area contributed by atoms with Gasteiger partial charge in [-0.05, 0) is 38.0 Å². The van der Waals surface area contributed by atoms with Crippen LogP contribution in [-0.2, 0) is 4.74 Å². The van der Waals surface area contributed by atoms with Gasteiger partial charge in [-0.1, -0.05) is 12.1 Å². The van der Waals surface area contributed by atoms with Gasteiger partial charge in [0.2, 0.25) is 0 Å². The Hall–Kier alpha value is -0.770. The molecule has 0 aromatic rings. The monoisotopic (exact) mass is 214 g/mol. The second-order valence-corrected chi connectivity index (χ2v) is 4.45. The van der Waals surface area contributed by atoms with Gasteiger partial charge in [-0.25, -0.2) is 0 Å². The fourth-order valence-corrected chi connectivity index (χ4v) is 1.95. The minimum atomic E-state index is 0.288. The number of nitrogens with two attached hydrogens (primary N) is 1. The molecule has 0 heterocycles. The van der Waals surface area contributed by atoms with Crippen LogP contribution in [-0.4, -0.2) is 23.8 Å². The maximum Gasteiger partial charge on any atom is 0.139 e. The van der Waals surface area contributed by atoms with Crippen LogP contribution in [0.4, 0.5) is 0 Å². The van der Waals surface area contributed by atoms with Gasteiger partial charge in [-0.15, -0.1) is 0 Å². The van der Waals surface area contributed by atoms with Crippen LogP contribution in [0.2, 0.25) is 0 Å². The van der Waals surface area contributed by atoms with E-state index in [1.54, 1.807) is 0 Å². The number of amidine groups is 1. The number of nitrogens with zero attached hydrogens (tertiary/aromatic N) is 1. The van der Waals surface area contributed by atoms with E-state index in [0.29, 0.717) is 12.5 Å². The third kappa shape index (κ3) is 5.02. The molecule has 1 rings (SSSR count). The molecule has 15 heavy (non-hydrogen) atoms. The van der Waals surface area contributed by atoms with Crippen molar-refractivity contribution in [2.45, 2.75) is 51.6 Å². The van der Waals surface area contributed by atoms with Crippen molar-refractivity contribution >= 4 is 5.84 Å². The van der Waals surface area contributed by atoms with Crippen LogP contribution in [0.25, 0.3) is 0 Å². The highest BCUT2D eigenvalue weighted by atomic mass is 16.5. The van der Waals surface area contributed by atoms with E-state index in [-0.39, 0.29) is 5.84 Å². The van der Waals surface area contributed by atoms with Crippen molar-refractivity contribution in [2.24, 2.45) is 16.8 Å². The van der Waals surface area contributed by atoms with Crippen molar-refractivity contribution in [2.75, 3.05) is 6.61 Å². The Kier molecular flexibility index (Phi) is 5.47. The van der Waals surface area contributed by atoms with Crippen LogP contribution in [0.15, 0.2) is 5.16 Å². The fraction of sp³-hybridized carbons (Fsp3) is 0.909. The lowest BCUT2D eigenvalue weighted by molar-refractivity contribution is 0.0193. The van der Waals surface area contributed by atoms with E-state index in [9.17, 15) is 0 Å². The lowest BCUT2D eigenvalue weighted by Crippen LogP contribution is -2.21. The first-order chi connectivity index (χ1) is 7.22. The summed E-state index contributed by atoms with van der Waals surface area (Å²) in [5.41, 5.74) is 5.35. The molecular formula is C11H22N2O2. The first kappa shape index (κ1) is 12.3. The van der Waals surface area contributed by atoms with Crippen molar-refractivity contribution in [1.29, 1.82) is 0 Å². The molecule has 0 aromatic carbocycles. The van der Waals surface area contributed by atoms with Gasteiger partial charge in [0, 0.05) is 13.0 Å². The minimum Gasteiger partial charge on any atom is -0.409 e. The summed E-state index contributed by atoms with van der Waals surface area (Å²) in [5, 5.41) is 11.3. The molecule has 0 aromatic heterocycles. The molecule has 0 aliphatic heterocycles. The molecule has 1 fully saturated rings. The summed E-state index contributed by atoms with van der Waals surface area (Å²) in [6, 6.07) is 0. The second kappa shape index (κ2) is 6.67. The number of ether oxygens (including phenoxy) is 1. The van der Waals surface area contributed by atoms with Crippen molar-refractivity contribution in [3.63, 3.8) is 0 Å². The molecule has 4 nitrogen and oxygen atoms in total. The number of hydrogen-bond donors (Lipinski definition) is 2. The van der Waals surface area contributed by atoms with E-state index in [1.165, 1.54) is 25.7 Å².